The summed E-state index contributed by atoms with van der Waals surface area (Å²) in [6, 6.07) is 7.40. The fourth-order valence-electron chi connectivity index (χ4n) is 4.39. The molecule has 3 N–H and O–H groups in total. The first-order valence-electron chi connectivity index (χ1n) is 10.3. The van der Waals surface area contributed by atoms with Gasteiger partial charge in [-0.05, 0) is 29.7 Å². The van der Waals surface area contributed by atoms with Gasteiger partial charge in [-0.25, -0.2) is 0 Å². The average Bonchev–Trinajstić information content (AvgIpc) is 3.29. The zero-order valence-electron chi connectivity index (χ0n) is 16.6. The Morgan fingerprint density at radius 1 is 1.17 bits per heavy atom. The van der Waals surface area contributed by atoms with E-state index < -0.39 is 6.04 Å². The third-order valence-electron chi connectivity index (χ3n) is 5.95. The van der Waals surface area contributed by atoms with Crippen molar-refractivity contribution in [1.82, 2.24) is 30.6 Å². The predicted octanol–water partition coefficient (Wildman–Crippen LogP) is 0.0371. The molecule has 1 unspecified atom stereocenters. The molecule has 4 heterocycles. The monoisotopic (exact) mass is 408 g/mol. The number of aromatic nitrogens is 2. The summed E-state index contributed by atoms with van der Waals surface area (Å²) in [5.74, 6) is -0.800. The van der Waals surface area contributed by atoms with Crippen LogP contribution in [0.25, 0.3) is 0 Å². The van der Waals surface area contributed by atoms with Gasteiger partial charge in [-0.3, -0.25) is 24.4 Å². The summed E-state index contributed by atoms with van der Waals surface area (Å²) in [5.41, 5.74) is 4.79. The highest BCUT2D eigenvalue weighted by atomic mass is 16.2. The minimum absolute atomic E-state index is 0.143. The van der Waals surface area contributed by atoms with Crippen LogP contribution in [0, 0.1) is 0 Å². The molecule has 1 atom stereocenters. The number of carbonyl (C=O) groups is 3. The fraction of sp³-hybridized carbons (Fsp3) is 0.429. The summed E-state index contributed by atoms with van der Waals surface area (Å²) in [6.07, 6.45) is 0.641. The van der Waals surface area contributed by atoms with Crippen molar-refractivity contribution in [2.75, 3.05) is 6.54 Å². The number of benzene rings is 1. The van der Waals surface area contributed by atoms with E-state index in [-0.39, 0.29) is 24.1 Å². The first kappa shape index (κ1) is 19.0. The Labute approximate surface area is 173 Å². The van der Waals surface area contributed by atoms with Gasteiger partial charge >= 0.3 is 0 Å². The maximum Gasteiger partial charge on any atom is 0.255 e. The lowest BCUT2D eigenvalue weighted by molar-refractivity contribution is -0.136. The van der Waals surface area contributed by atoms with Gasteiger partial charge in [0.1, 0.15) is 6.04 Å². The second-order valence-corrected chi connectivity index (χ2v) is 8.02. The molecule has 9 nitrogen and oxygen atoms in total. The molecule has 9 heteroatoms. The molecule has 0 radical (unpaired) electrons. The van der Waals surface area contributed by atoms with Crippen LogP contribution in [0.5, 0.6) is 0 Å². The molecule has 1 aromatic heterocycles. The molecule has 0 bridgehead atoms. The van der Waals surface area contributed by atoms with Crippen LogP contribution in [0.4, 0.5) is 0 Å². The summed E-state index contributed by atoms with van der Waals surface area (Å²) < 4.78 is 2.05. The van der Waals surface area contributed by atoms with Gasteiger partial charge in [0.25, 0.3) is 5.91 Å². The lowest BCUT2D eigenvalue weighted by Crippen LogP contribution is -2.52. The van der Waals surface area contributed by atoms with Crippen molar-refractivity contribution in [1.29, 1.82) is 0 Å². The molecule has 1 aromatic carbocycles. The number of nitrogens with zero attached hydrogens (tertiary/aromatic N) is 3. The van der Waals surface area contributed by atoms with Crippen molar-refractivity contribution in [2.45, 2.75) is 51.6 Å². The van der Waals surface area contributed by atoms with E-state index >= 15 is 0 Å². The molecular formula is C21H24N6O3. The Bertz CT molecular complexity index is 1010. The van der Waals surface area contributed by atoms with E-state index in [4.69, 9.17) is 0 Å². The highest BCUT2D eigenvalue weighted by Gasteiger charge is 2.39. The van der Waals surface area contributed by atoms with Crippen molar-refractivity contribution in [3.05, 3.63) is 52.3 Å². The number of piperidine rings is 1. The number of hydrogen-bond donors (Lipinski definition) is 3. The standard InChI is InChI=1S/C21H24N6O3/c28-19-4-3-18(20(29)24-19)26-12-14-2-1-13(7-17(14)21(26)30)9-23-10-15-8-16-11-22-5-6-27(16)25-15/h1-2,7-8,18,22-23H,3-6,9-12H2,(H,24,28,29). The Morgan fingerprint density at radius 2 is 2.07 bits per heavy atom. The smallest absolute Gasteiger partial charge is 0.255 e. The zero-order chi connectivity index (χ0) is 20.7. The van der Waals surface area contributed by atoms with Gasteiger partial charge in [0.2, 0.25) is 11.8 Å². The van der Waals surface area contributed by atoms with Gasteiger partial charge in [-0.15, -0.1) is 0 Å². The summed E-state index contributed by atoms with van der Waals surface area (Å²) in [7, 11) is 0. The van der Waals surface area contributed by atoms with Crippen LogP contribution in [-0.4, -0.2) is 45.0 Å². The van der Waals surface area contributed by atoms with E-state index in [9.17, 15) is 14.4 Å². The molecule has 0 spiro atoms. The van der Waals surface area contributed by atoms with Gasteiger partial charge in [-0.1, -0.05) is 12.1 Å². The third kappa shape index (κ3) is 3.50. The fourth-order valence-corrected chi connectivity index (χ4v) is 4.39. The third-order valence-corrected chi connectivity index (χ3v) is 5.95. The van der Waals surface area contributed by atoms with Crippen LogP contribution < -0.4 is 16.0 Å². The maximum absolute atomic E-state index is 12.9. The number of hydrogen-bond acceptors (Lipinski definition) is 6. The first-order valence-corrected chi connectivity index (χ1v) is 10.3. The van der Waals surface area contributed by atoms with Gasteiger partial charge in [0.15, 0.2) is 0 Å². The van der Waals surface area contributed by atoms with Crippen molar-refractivity contribution < 1.29 is 14.4 Å². The Hall–Kier alpha value is -3.04. The Morgan fingerprint density at radius 3 is 2.90 bits per heavy atom. The van der Waals surface area contributed by atoms with Crippen molar-refractivity contribution in [3.63, 3.8) is 0 Å². The number of carbonyl (C=O) groups excluding carboxylic acids is 3. The average molecular weight is 408 g/mol. The largest absolute Gasteiger partial charge is 0.322 e. The van der Waals surface area contributed by atoms with Crippen LogP contribution >= 0.6 is 0 Å². The lowest BCUT2D eigenvalue weighted by Gasteiger charge is -2.29. The molecule has 1 saturated heterocycles. The topological polar surface area (TPSA) is 108 Å². The van der Waals surface area contributed by atoms with Crippen molar-refractivity contribution >= 4 is 17.7 Å². The number of imide groups is 1. The predicted molar refractivity (Wildman–Crippen MR) is 107 cm³/mol. The van der Waals surface area contributed by atoms with E-state index in [0.717, 1.165) is 36.5 Å². The summed E-state index contributed by atoms with van der Waals surface area (Å²) in [5, 5.41) is 13.7. The number of nitrogens with one attached hydrogen (secondary N) is 3. The molecule has 156 valence electrons. The number of amides is 3. The van der Waals surface area contributed by atoms with E-state index in [2.05, 4.69) is 27.1 Å². The molecule has 5 rings (SSSR count). The van der Waals surface area contributed by atoms with E-state index in [1.54, 1.807) is 4.90 Å². The first-order chi connectivity index (χ1) is 14.6. The number of rotatable bonds is 5. The minimum Gasteiger partial charge on any atom is -0.322 e. The van der Waals surface area contributed by atoms with Crippen molar-refractivity contribution in [3.8, 4) is 0 Å². The second-order valence-electron chi connectivity index (χ2n) is 8.02. The van der Waals surface area contributed by atoms with Crippen LogP contribution in [0.3, 0.4) is 0 Å². The molecule has 3 aliphatic rings. The normalized spacial score (nSPS) is 20.9. The summed E-state index contributed by atoms with van der Waals surface area (Å²) >= 11 is 0. The molecule has 1 fully saturated rings. The number of fused-ring (bicyclic) bond motifs is 2. The molecule has 3 aliphatic heterocycles. The van der Waals surface area contributed by atoms with Gasteiger partial charge in [0, 0.05) is 44.7 Å². The zero-order valence-corrected chi connectivity index (χ0v) is 16.6. The Balaban J connectivity index is 1.22. The van der Waals surface area contributed by atoms with Crippen LogP contribution in [0.15, 0.2) is 24.3 Å². The lowest BCUT2D eigenvalue weighted by atomic mass is 10.0. The van der Waals surface area contributed by atoms with Crippen molar-refractivity contribution in [2.24, 2.45) is 0 Å². The highest BCUT2D eigenvalue weighted by Crippen LogP contribution is 2.28. The summed E-state index contributed by atoms with van der Waals surface area (Å²) in [4.78, 5) is 38.0. The summed E-state index contributed by atoms with van der Waals surface area (Å²) in [6.45, 7) is 4.38. The van der Waals surface area contributed by atoms with E-state index in [0.29, 0.717) is 31.6 Å². The SMILES string of the molecule is O=C1CCC(N2Cc3ccc(CNCc4cc5n(n4)CCNC5)cc3C2=O)C(=O)N1. The Kier molecular flexibility index (Phi) is 4.84. The maximum atomic E-state index is 12.9. The van der Waals surface area contributed by atoms with Gasteiger partial charge in [0.05, 0.1) is 17.9 Å². The molecule has 0 saturated carbocycles. The second kappa shape index (κ2) is 7.66. The molecule has 3 amide bonds. The van der Waals surface area contributed by atoms with Crippen LogP contribution in [0.1, 0.15) is 45.7 Å². The molecule has 0 aliphatic carbocycles. The highest BCUT2D eigenvalue weighted by molar-refractivity contribution is 6.05. The molecular weight excluding hydrogens is 384 g/mol. The van der Waals surface area contributed by atoms with Gasteiger partial charge < -0.3 is 15.5 Å². The van der Waals surface area contributed by atoms with E-state index in [1.807, 2.05) is 22.9 Å². The van der Waals surface area contributed by atoms with Crippen LogP contribution in [-0.2, 0) is 42.3 Å². The molecule has 30 heavy (non-hydrogen) atoms. The van der Waals surface area contributed by atoms with E-state index in [1.165, 1.54) is 5.69 Å². The quantitative estimate of drug-likeness (QED) is 0.603. The van der Waals surface area contributed by atoms with Crippen LogP contribution in [0.2, 0.25) is 0 Å². The molecule has 2 aromatic rings. The van der Waals surface area contributed by atoms with Gasteiger partial charge in [-0.2, -0.15) is 5.10 Å². The minimum atomic E-state index is -0.578.